The number of carbonyl (C=O) groups excluding carboxylic acids is 1. The molecule has 0 spiro atoms. The molecular formula is C20H16ClN3O4S. The summed E-state index contributed by atoms with van der Waals surface area (Å²) < 4.78 is 13.0. The first kappa shape index (κ1) is 19.2. The molecule has 1 amide bonds. The summed E-state index contributed by atoms with van der Waals surface area (Å²) in [7, 11) is 3.04. The van der Waals surface area contributed by atoms with Crippen molar-refractivity contribution in [3.05, 3.63) is 58.1 Å². The minimum atomic E-state index is -0.390. The number of benzene rings is 2. The summed E-state index contributed by atoms with van der Waals surface area (Å²) in [5.74, 6) is 0.668. The Labute approximate surface area is 174 Å². The predicted octanol–water partition coefficient (Wildman–Crippen LogP) is 3.92. The fourth-order valence-electron chi connectivity index (χ4n) is 3.04. The molecule has 0 unspecified atom stereocenters. The molecule has 4 rings (SSSR count). The number of thiophene rings is 1. The van der Waals surface area contributed by atoms with Gasteiger partial charge in [-0.15, -0.1) is 11.3 Å². The fraction of sp³-hybridized carbons (Fsp3) is 0.150. The number of ether oxygens (including phenoxy) is 2. The maximum absolute atomic E-state index is 12.9. The molecule has 0 aliphatic heterocycles. The average Bonchev–Trinajstić information content (AvgIpc) is 3.11. The van der Waals surface area contributed by atoms with Gasteiger partial charge in [0.05, 0.1) is 36.8 Å². The van der Waals surface area contributed by atoms with Crippen molar-refractivity contribution in [2.24, 2.45) is 0 Å². The highest BCUT2D eigenvalue weighted by molar-refractivity contribution is 7.25. The number of amides is 1. The van der Waals surface area contributed by atoms with Crippen molar-refractivity contribution >= 4 is 54.8 Å². The highest BCUT2D eigenvalue weighted by Gasteiger charge is 2.16. The molecule has 1 N–H and O–H groups in total. The van der Waals surface area contributed by atoms with Crippen molar-refractivity contribution in [1.29, 1.82) is 0 Å². The lowest BCUT2D eigenvalue weighted by atomic mass is 10.2. The van der Waals surface area contributed by atoms with E-state index >= 15 is 0 Å². The predicted molar refractivity (Wildman–Crippen MR) is 115 cm³/mol. The quantitative estimate of drug-likeness (QED) is 0.520. The molecule has 2 aromatic carbocycles. The van der Waals surface area contributed by atoms with E-state index in [-0.39, 0.29) is 18.0 Å². The van der Waals surface area contributed by atoms with Gasteiger partial charge in [-0.1, -0.05) is 17.7 Å². The Hall–Kier alpha value is -3.10. The third kappa shape index (κ3) is 3.52. The van der Waals surface area contributed by atoms with Crippen LogP contribution < -0.4 is 20.3 Å². The number of fused-ring (bicyclic) bond motifs is 3. The smallest absolute Gasteiger partial charge is 0.271 e. The zero-order valence-electron chi connectivity index (χ0n) is 15.6. The Morgan fingerprint density at radius 3 is 2.83 bits per heavy atom. The molecule has 0 fully saturated rings. The number of rotatable bonds is 5. The van der Waals surface area contributed by atoms with Gasteiger partial charge in [-0.25, -0.2) is 4.98 Å². The molecule has 0 atom stereocenters. The van der Waals surface area contributed by atoms with Crippen LogP contribution in [0, 0.1) is 0 Å². The van der Waals surface area contributed by atoms with Gasteiger partial charge in [0.25, 0.3) is 5.56 Å². The maximum atomic E-state index is 12.9. The van der Waals surface area contributed by atoms with Gasteiger partial charge >= 0.3 is 0 Å². The van der Waals surface area contributed by atoms with E-state index in [0.29, 0.717) is 32.4 Å². The zero-order valence-corrected chi connectivity index (χ0v) is 17.1. The lowest BCUT2D eigenvalue weighted by molar-refractivity contribution is -0.116. The maximum Gasteiger partial charge on any atom is 0.271 e. The lowest BCUT2D eigenvalue weighted by Gasteiger charge is -2.12. The van der Waals surface area contributed by atoms with Gasteiger partial charge in [0.1, 0.15) is 22.7 Å². The Kier molecular flexibility index (Phi) is 5.12. The standard InChI is InChI=1S/C20H16ClN3O4S/c1-27-11-6-7-14(28-2)13(8-11)23-16(25)9-24-10-22-18-17-12(21)4-3-5-15(17)29-19(18)20(24)26/h3-8,10H,9H2,1-2H3,(H,23,25). The van der Waals surface area contributed by atoms with Crippen LogP contribution in [0.15, 0.2) is 47.5 Å². The number of hydrogen-bond acceptors (Lipinski definition) is 6. The second-order valence-electron chi connectivity index (χ2n) is 6.18. The van der Waals surface area contributed by atoms with Gasteiger partial charge in [-0.2, -0.15) is 0 Å². The van der Waals surface area contributed by atoms with Crippen LogP contribution in [0.25, 0.3) is 20.3 Å². The summed E-state index contributed by atoms with van der Waals surface area (Å²) in [6.45, 7) is -0.190. The number of anilines is 1. The van der Waals surface area contributed by atoms with Crippen LogP contribution in [0.4, 0.5) is 5.69 Å². The number of nitrogens with zero attached hydrogens (tertiary/aromatic N) is 2. The molecule has 0 radical (unpaired) electrons. The van der Waals surface area contributed by atoms with Gasteiger partial charge in [0, 0.05) is 16.2 Å². The highest BCUT2D eigenvalue weighted by atomic mass is 35.5. The summed E-state index contributed by atoms with van der Waals surface area (Å²) in [6.07, 6.45) is 1.36. The first-order valence-electron chi connectivity index (χ1n) is 8.60. The first-order chi connectivity index (χ1) is 14.0. The Balaban J connectivity index is 1.65. The van der Waals surface area contributed by atoms with Crippen LogP contribution in [-0.4, -0.2) is 29.7 Å². The topological polar surface area (TPSA) is 82.4 Å². The molecule has 0 aliphatic rings. The first-order valence-corrected chi connectivity index (χ1v) is 9.79. The molecule has 0 saturated carbocycles. The molecule has 2 aromatic heterocycles. The van der Waals surface area contributed by atoms with Crippen LogP contribution >= 0.6 is 22.9 Å². The van der Waals surface area contributed by atoms with Crippen LogP contribution in [0.5, 0.6) is 11.5 Å². The third-order valence-electron chi connectivity index (χ3n) is 4.42. The summed E-state index contributed by atoms with van der Waals surface area (Å²) in [6, 6.07) is 10.5. The van der Waals surface area contributed by atoms with Crippen LogP contribution in [0.2, 0.25) is 5.02 Å². The van der Waals surface area contributed by atoms with Crippen molar-refractivity contribution in [3.8, 4) is 11.5 Å². The SMILES string of the molecule is COc1ccc(OC)c(NC(=O)Cn2cnc3c(sc4cccc(Cl)c43)c2=O)c1. The van der Waals surface area contributed by atoms with Gasteiger partial charge in [-0.3, -0.25) is 14.2 Å². The van der Waals surface area contributed by atoms with Crippen molar-refractivity contribution in [1.82, 2.24) is 9.55 Å². The van der Waals surface area contributed by atoms with E-state index in [1.165, 1.54) is 36.5 Å². The van der Waals surface area contributed by atoms with Gasteiger partial charge in [-0.05, 0) is 24.3 Å². The van der Waals surface area contributed by atoms with E-state index in [1.807, 2.05) is 12.1 Å². The molecule has 0 saturated heterocycles. The summed E-state index contributed by atoms with van der Waals surface area (Å²) in [4.78, 5) is 29.8. The minimum Gasteiger partial charge on any atom is -0.497 e. The van der Waals surface area contributed by atoms with E-state index < -0.39 is 0 Å². The highest BCUT2D eigenvalue weighted by Crippen LogP contribution is 2.35. The number of carbonyl (C=O) groups is 1. The largest absolute Gasteiger partial charge is 0.497 e. The number of aromatic nitrogens is 2. The molecule has 2 heterocycles. The molecule has 4 aromatic rings. The molecule has 0 bridgehead atoms. The Morgan fingerprint density at radius 1 is 1.24 bits per heavy atom. The summed E-state index contributed by atoms with van der Waals surface area (Å²) in [5, 5.41) is 4.04. The molecule has 7 nitrogen and oxygen atoms in total. The molecule has 9 heteroatoms. The third-order valence-corrected chi connectivity index (χ3v) is 5.86. The van der Waals surface area contributed by atoms with E-state index in [4.69, 9.17) is 21.1 Å². The fourth-order valence-corrected chi connectivity index (χ4v) is 4.49. The van der Waals surface area contributed by atoms with Crippen LogP contribution in [-0.2, 0) is 11.3 Å². The lowest BCUT2D eigenvalue weighted by Crippen LogP contribution is -2.27. The molecular weight excluding hydrogens is 414 g/mol. The number of hydrogen-bond donors (Lipinski definition) is 1. The zero-order chi connectivity index (χ0) is 20.5. The van der Waals surface area contributed by atoms with Crippen molar-refractivity contribution in [2.45, 2.75) is 6.54 Å². The van der Waals surface area contributed by atoms with Crippen molar-refractivity contribution in [2.75, 3.05) is 19.5 Å². The van der Waals surface area contributed by atoms with E-state index in [0.717, 1.165) is 10.1 Å². The number of nitrogens with one attached hydrogen (secondary N) is 1. The van der Waals surface area contributed by atoms with Gasteiger partial charge < -0.3 is 14.8 Å². The molecule has 0 aliphatic carbocycles. The van der Waals surface area contributed by atoms with Gasteiger partial charge in [0.15, 0.2) is 0 Å². The van der Waals surface area contributed by atoms with E-state index in [1.54, 1.807) is 24.3 Å². The average molecular weight is 430 g/mol. The van der Waals surface area contributed by atoms with E-state index in [9.17, 15) is 9.59 Å². The minimum absolute atomic E-state index is 0.190. The summed E-state index contributed by atoms with van der Waals surface area (Å²) in [5.41, 5.74) is 0.708. The van der Waals surface area contributed by atoms with Crippen molar-refractivity contribution < 1.29 is 14.3 Å². The number of halogens is 1. The van der Waals surface area contributed by atoms with Crippen LogP contribution in [0.1, 0.15) is 0 Å². The second-order valence-corrected chi connectivity index (χ2v) is 7.64. The monoisotopic (exact) mass is 429 g/mol. The van der Waals surface area contributed by atoms with E-state index in [2.05, 4.69) is 10.3 Å². The summed E-state index contributed by atoms with van der Waals surface area (Å²) >= 11 is 7.58. The molecule has 148 valence electrons. The molecule has 29 heavy (non-hydrogen) atoms. The Morgan fingerprint density at radius 2 is 2.07 bits per heavy atom. The van der Waals surface area contributed by atoms with Crippen LogP contribution in [0.3, 0.4) is 0 Å². The van der Waals surface area contributed by atoms with Gasteiger partial charge in [0.2, 0.25) is 5.91 Å². The Bertz CT molecular complexity index is 1300. The second kappa shape index (κ2) is 7.73. The normalized spacial score (nSPS) is 11.0. The number of methoxy groups -OCH3 is 2. The van der Waals surface area contributed by atoms with Crippen molar-refractivity contribution in [3.63, 3.8) is 0 Å².